The maximum absolute atomic E-state index is 6.63. The van der Waals surface area contributed by atoms with Crippen LogP contribution < -0.4 is 0 Å². The predicted molar refractivity (Wildman–Crippen MR) is 105 cm³/mol. The molecule has 1 aliphatic rings. The number of para-hydroxylation sites is 1. The molecule has 0 atom stereocenters. The number of hydrogen-bond donors (Lipinski definition) is 0. The molecule has 7 heteroatoms. The Balaban J connectivity index is 1.57. The molecule has 0 radical (unpaired) electrons. The lowest BCUT2D eigenvalue weighted by molar-refractivity contribution is 0.681. The van der Waals surface area contributed by atoms with Gasteiger partial charge in [0, 0.05) is 23.8 Å². The Hall–Kier alpha value is -2.05. The van der Waals surface area contributed by atoms with E-state index in [1.54, 1.807) is 16.4 Å². The number of thioether (sulfide) groups is 1. The van der Waals surface area contributed by atoms with Crippen LogP contribution >= 0.6 is 23.4 Å². The summed E-state index contributed by atoms with van der Waals surface area (Å²) in [6, 6.07) is 9.94. The van der Waals surface area contributed by atoms with Gasteiger partial charge in [0.05, 0.1) is 11.4 Å². The van der Waals surface area contributed by atoms with E-state index in [0.717, 1.165) is 34.5 Å². The van der Waals surface area contributed by atoms with Gasteiger partial charge in [0.1, 0.15) is 11.0 Å². The molecule has 1 fully saturated rings. The Kier molecular flexibility index (Phi) is 4.87. The van der Waals surface area contributed by atoms with Gasteiger partial charge >= 0.3 is 0 Å². The van der Waals surface area contributed by atoms with E-state index >= 15 is 0 Å². The third-order valence-electron chi connectivity index (χ3n) is 4.47. The van der Waals surface area contributed by atoms with Gasteiger partial charge in [0.15, 0.2) is 5.16 Å². The molecule has 26 heavy (non-hydrogen) atoms. The molecular weight excluding hydrogens is 366 g/mol. The molecule has 1 aromatic carbocycles. The maximum Gasteiger partial charge on any atom is 0.191 e. The highest BCUT2D eigenvalue weighted by Crippen LogP contribution is 2.40. The van der Waals surface area contributed by atoms with Crippen LogP contribution in [0.4, 0.5) is 0 Å². The number of hydrogen-bond acceptors (Lipinski definition) is 4. The third kappa shape index (κ3) is 3.31. The van der Waals surface area contributed by atoms with E-state index in [-0.39, 0.29) is 0 Å². The van der Waals surface area contributed by atoms with Gasteiger partial charge in [0.2, 0.25) is 0 Å². The van der Waals surface area contributed by atoms with Crippen molar-refractivity contribution >= 4 is 23.4 Å². The van der Waals surface area contributed by atoms with Gasteiger partial charge in [-0.3, -0.25) is 0 Å². The number of aromatic nitrogens is 5. The van der Waals surface area contributed by atoms with E-state index in [0.29, 0.717) is 16.8 Å². The Labute approximate surface area is 162 Å². The average Bonchev–Trinajstić information content (AvgIpc) is 3.36. The molecule has 2 aromatic heterocycles. The lowest BCUT2D eigenvalue weighted by Crippen LogP contribution is -2.02. The normalized spacial score (nSPS) is 13.9. The SMILES string of the molecule is C=CCn1c(SCc2c(C)nn(-c3ccccc3)c2Cl)nnc1C1CC1. The standard InChI is InChI=1S/C19H20ClN5S/c1-3-11-24-18(14-9-10-14)21-22-19(24)26-12-16-13(2)23-25(17(16)20)15-7-5-4-6-8-15/h3-8,14H,1,9-12H2,2H3. The first-order valence-corrected chi connectivity index (χ1v) is 10.0. The van der Waals surface area contributed by atoms with Gasteiger partial charge in [-0.15, -0.1) is 16.8 Å². The molecule has 0 bridgehead atoms. The van der Waals surface area contributed by atoms with E-state index in [1.165, 1.54) is 12.8 Å². The lowest BCUT2D eigenvalue weighted by atomic mass is 10.3. The number of halogens is 1. The first-order chi connectivity index (χ1) is 12.7. The van der Waals surface area contributed by atoms with Crippen LogP contribution in [0.1, 0.15) is 35.8 Å². The fourth-order valence-corrected chi connectivity index (χ4v) is 4.38. The summed E-state index contributed by atoms with van der Waals surface area (Å²) >= 11 is 8.27. The van der Waals surface area contributed by atoms with Crippen molar-refractivity contribution in [1.29, 1.82) is 0 Å². The van der Waals surface area contributed by atoms with E-state index < -0.39 is 0 Å². The van der Waals surface area contributed by atoms with Crippen molar-refractivity contribution in [3.8, 4) is 5.69 Å². The van der Waals surface area contributed by atoms with Crippen molar-refractivity contribution in [2.75, 3.05) is 0 Å². The molecule has 3 aromatic rings. The van der Waals surface area contributed by atoms with Crippen molar-refractivity contribution < 1.29 is 0 Å². The van der Waals surface area contributed by atoms with Gasteiger partial charge in [-0.2, -0.15) is 5.10 Å². The zero-order valence-corrected chi connectivity index (χ0v) is 16.2. The van der Waals surface area contributed by atoms with E-state index in [1.807, 2.05) is 43.3 Å². The number of aryl methyl sites for hydroxylation is 1. The second kappa shape index (κ2) is 7.29. The van der Waals surface area contributed by atoms with Crippen LogP contribution in [0.3, 0.4) is 0 Å². The summed E-state index contributed by atoms with van der Waals surface area (Å²) in [5.74, 6) is 2.34. The molecule has 5 nitrogen and oxygen atoms in total. The smallest absolute Gasteiger partial charge is 0.191 e. The molecule has 0 saturated heterocycles. The van der Waals surface area contributed by atoms with E-state index in [2.05, 4.69) is 26.4 Å². The van der Waals surface area contributed by atoms with Crippen LogP contribution in [-0.2, 0) is 12.3 Å². The van der Waals surface area contributed by atoms with Crippen LogP contribution in [0.2, 0.25) is 5.15 Å². The van der Waals surface area contributed by atoms with Crippen LogP contribution in [0.5, 0.6) is 0 Å². The van der Waals surface area contributed by atoms with Crippen molar-refractivity contribution in [2.24, 2.45) is 0 Å². The van der Waals surface area contributed by atoms with E-state index in [4.69, 9.17) is 11.6 Å². The first kappa shape index (κ1) is 17.4. The number of nitrogens with zero attached hydrogens (tertiary/aromatic N) is 5. The second-order valence-corrected chi connectivity index (χ2v) is 7.71. The Morgan fingerprint density at radius 3 is 2.73 bits per heavy atom. The summed E-state index contributed by atoms with van der Waals surface area (Å²) in [5, 5.41) is 15.0. The molecule has 0 aliphatic heterocycles. The highest BCUT2D eigenvalue weighted by molar-refractivity contribution is 7.98. The largest absolute Gasteiger partial charge is 0.302 e. The maximum atomic E-state index is 6.63. The molecule has 134 valence electrons. The zero-order chi connectivity index (χ0) is 18.1. The fourth-order valence-electron chi connectivity index (χ4n) is 2.92. The summed E-state index contributed by atoms with van der Waals surface area (Å²) in [6.45, 7) is 6.59. The number of allylic oxidation sites excluding steroid dienone is 1. The molecule has 1 aliphatic carbocycles. The quantitative estimate of drug-likeness (QED) is 0.433. The third-order valence-corrected chi connectivity index (χ3v) is 5.85. The van der Waals surface area contributed by atoms with Crippen molar-refractivity contribution in [2.45, 2.75) is 43.1 Å². The van der Waals surface area contributed by atoms with E-state index in [9.17, 15) is 0 Å². The minimum Gasteiger partial charge on any atom is -0.302 e. The Morgan fingerprint density at radius 1 is 1.27 bits per heavy atom. The van der Waals surface area contributed by atoms with Crippen LogP contribution in [0.25, 0.3) is 5.69 Å². The second-order valence-electron chi connectivity index (χ2n) is 6.41. The monoisotopic (exact) mass is 385 g/mol. The molecule has 0 N–H and O–H groups in total. The summed E-state index contributed by atoms with van der Waals surface area (Å²) in [4.78, 5) is 0. The molecule has 0 spiro atoms. The topological polar surface area (TPSA) is 48.5 Å². The summed E-state index contributed by atoms with van der Waals surface area (Å²) in [5.41, 5.74) is 2.92. The van der Waals surface area contributed by atoms with Crippen molar-refractivity contribution in [3.63, 3.8) is 0 Å². The summed E-state index contributed by atoms with van der Waals surface area (Å²) < 4.78 is 3.96. The molecule has 0 amide bonds. The predicted octanol–water partition coefficient (Wildman–Crippen LogP) is 4.78. The Morgan fingerprint density at radius 2 is 2.04 bits per heavy atom. The summed E-state index contributed by atoms with van der Waals surface area (Å²) in [7, 11) is 0. The summed E-state index contributed by atoms with van der Waals surface area (Å²) in [6.07, 6.45) is 4.30. The van der Waals surface area contributed by atoms with Gasteiger partial charge in [0.25, 0.3) is 0 Å². The molecule has 2 heterocycles. The molecular formula is C19H20ClN5S. The number of benzene rings is 1. The van der Waals surface area contributed by atoms with Crippen LogP contribution in [-0.4, -0.2) is 24.5 Å². The first-order valence-electron chi connectivity index (χ1n) is 8.65. The fraction of sp³-hybridized carbons (Fsp3) is 0.316. The molecule has 0 unspecified atom stereocenters. The van der Waals surface area contributed by atoms with Crippen molar-refractivity contribution in [3.05, 3.63) is 65.2 Å². The zero-order valence-electron chi connectivity index (χ0n) is 14.6. The number of rotatable bonds is 7. The van der Waals surface area contributed by atoms with Crippen LogP contribution in [0, 0.1) is 6.92 Å². The minimum atomic E-state index is 0.558. The average molecular weight is 386 g/mol. The van der Waals surface area contributed by atoms with Gasteiger partial charge < -0.3 is 4.57 Å². The van der Waals surface area contributed by atoms with Gasteiger partial charge in [-0.25, -0.2) is 4.68 Å². The van der Waals surface area contributed by atoms with Gasteiger partial charge in [-0.1, -0.05) is 47.6 Å². The highest BCUT2D eigenvalue weighted by atomic mass is 35.5. The highest BCUT2D eigenvalue weighted by Gasteiger charge is 2.30. The molecule has 1 saturated carbocycles. The minimum absolute atomic E-state index is 0.558. The molecule has 4 rings (SSSR count). The van der Waals surface area contributed by atoms with Crippen molar-refractivity contribution in [1.82, 2.24) is 24.5 Å². The lowest BCUT2D eigenvalue weighted by Gasteiger charge is -2.07. The van der Waals surface area contributed by atoms with Crippen LogP contribution in [0.15, 0.2) is 48.1 Å². The Bertz CT molecular complexity index is 927. The van der Waals surface area contributed by atoms with Gasteiger partial charge in [-0.05, 0) is 31.9 Å².